The fourth-order valence-corrected chi connectivity index (χ4v) is 5.09. The minimum Gasteiger partial charge on any atom is -0.497 e. The van der Waals surface area contributed by atoms with Gasteiger partial charge in [-0.2, -0.15) is 0 Å². The van der Waals surface area contributed by atoms with Crippen molar-refractivity contribution >= 4 is 23.4 Å². The second-order valence-electron chi connectivity index (χ2n) is 8.06. The molecule has 1 saturated carbocycles. The third-order valence-electron chi connectivity index (χ3n) is 6.44. The third kappa shape index (κ3) is 2.93. The van der Waals surface area contributed by atoms with E-state index in [4.69, 9.17) is 9.15 Å². The van der Waals surface area contributed by atoms with E-state index in [-0.39, 0.29) is 47.8 Å². The number of amides is 3. The topological polar surface area (TPSA) is 88.8 Å². The van der Waals surface area contributed by atoms with Gasteiger partial charge in [-0.15, -0.1) is 0 Å². The predicted octanol–water partition coefficient (Wildman–Crippen LogP) is 3.17. The minimum absolute atomic E-state index is 0.0702. The summed E-state index contributed by atoms with van der Waals surface area (Å²) in [5.41, 5.74) is 0.609. The zero-order chi connectivity index (χ0) is 20.8. The highest BCUT2D eigenvalue weighted by molar-refractivity contribution is 6.07. The molecule has 1 saturated heterocycles. The van der Waals surface area contributed by atoms with Crippen LogP contribution < -0.4 is 10.1 Å². The molecule has 2 bridgehead atoms. The van der Waals surface area contributed by atoms with Gasteiger partial charge in [0.25, 0.3) is 0 Å². The number of rotatable bonds is 6. The van der Waals surface area contributed by atoms with Gasteiger partial charge in [0.15, 0.2) is 0 Å². The van der Waals surface area contributed by atoms with Crippen molar-refractivity contribution in [2.24, 2.45) is 23.7 Å². The van der Waals surface area contributed by atoms with Crippen molar-refractivity contribution in [3.05, 3.63) is 60.6 Å². The number of ether oxygens (including phenoxy) is 1. The molecular formula is C23H22N2O5. The summed E-state index contributed by atoms with van der Waals surface area (Å²) in [6.45, 7) is 0. The number of benzene rings is 1. The number of nitrogens with zero attached hydrogens (tertiary/aromatic N) is 1. The summed E-state index contributed by atoms with van der Waals surface area (Å²) < 4.78 is 10.6. The van der Waals surface area contributed by atoms with Crippen molar-refractivity contribution < 1.29 is 23.5 Å². The van der Waals surface area contributed by atoms with E-state index in [1.807, 2.05) is 0 Å². The lowest BCUT2D eigenvalue weighted by molar-refractivity contribution is -0.144. The van der Waals surface area contributed by atoms with Gasteiger partial charge >= 0.3 is 0 Å². The first-order valence-electron chi connectivity index (χ1n) is 10.1. The molecule has 0 radical (unpaired) electrons. The van der Waals surface area contributed by atoms with Crippen LogP contribution in [-0.4, -0.2) is 29.7 Å². The Morgan fingerprint density at radius 1 is 1.13 bits per heavy atom. The van der Waals surface area contributed by atoms with Crippen LogP contribution in [0.2, 0.25) is 0 Å². The SMILES string of the molecule is COc1ccc(NC(=O)CC(c2ccco2)N2C(=O)C3C4C=CC(C4)C3C2=O)cc1. The van der Waals surface area contributed by atoms with Gasteiger partial charge in [0.05, 0.1) is 31.6 Å². The van der Waals surface area contributed by atoms with E-state index in [1.54, 1.807) is 43.5 Å². The largest absolute Gasteiger partial charge is 0.497 e. The highest BCUT2D eigenvalue weighted by Crippen LogP contribution is 2.54. The maximum Gasteiger partial charge on any atom is 0.234 e. The molecule has 0 spiro atoms. The lowest BCUT2D eigenvalue weighted by Crippen LogP contribution is -2.38. The average molecular weight is 406 g/mol. The maximum atomic E-state index is 13.2. The fourth-order valence-electron chi connectivity index (χ4n) is 5.09. The highest BCUT2D eigenvalue weighted by Gasteiger charge is 2.60. The standard InChI is InChI=1S/C23H22N2O5/c1-29-16-8-6-15(7-9-16)24-19(26)12-17(18-3-2-10-30-18)25-22(27)20-13-4-5-14(11-13)21(20)23(25)28/h2-10,13-14,17,20-21H,11-12H2,1H3,(H,24,26). The van der Waals surface area contributed by atoms with Gasteiger partial charge in [-0.3, -0.25) is 19.3 Å². The number of nitrogens with one attached hydrogen (secondary N) is 1. The van der Waals surface area contributed by atoms with Crippen molar-refractivity contribution in [1.82, 2.24) is 4.90 Å². The molecule has 5 unspecified atom stereocenters. The summed E-state index contributed by atoms with van der Waals surface area (Å²) >= 11 is 0. The van der Waals surface area contributed by atoms with Crippen LogP contribution >= 0.6 is 0 Å². The molecule has 2 fully saturated rings. The molecule has 1 aromatic heterocycles. The molecule has 7 heteroatoms. The van der Waals surface area contributed by atoms with E-state index in [0.717, 1.165) is 6.42 Å². The average Bonchev–Trinajstić information content (AvgIpc) is 3.53. The third-order valence-corrected chi connectivity index (χ3v) is 6.44. The maximum absolute atomic E-state index is 13.2. The molecule has 3 amide bonds. The van der Waals surface area contributed by atoms with E-state index in [9.17, 15) is 14.4 Å². The Bertz CT molecular complexity index is 981. The first kappa shape index (κ1) is 18.7. The highest BCUT2D eigenvalue weighted by atomic mass is 16.5. The van der Waals surface area contributed by atoms with Crippen LogP contribution in [0.4, 0.5) is 5.69 Å². The quantitative estimate of drug-likeness (QED) is 0.588. The van der Waals surface area contributed by atoms with Gasteiger partial charge in [0, 0.05) is 5.69 Å². The van der Waals surface area contributed by atoms with E-state index < -0.39 is 6.04 Å². The van der Waals surface area contributed by atoms with Gasteiger partial charge in [-0.05, 0) is 54.7 Å². The fraction of sp³-hybridized carbons (Fsp3) is 0.348. The first-order valence-corrected chi connectivity index (χ1v) is 10.1. The Kier molecular flexibility index (Phi) is 4.46. The summed E-state index contributed by atoms with van der Waals surface area (Å²) in [6, 6.07) is 9.60. The molecule has 154 valence electrons. The molecule has 2 aromatic rings. The second-order valence-corrected chi connectivity index (χ2v) is 8.06. The summed E-state index contributed by atoms with van der Waals surface area (Å²) in [4.78, 5) is 40.5. The molecule has 7 nitrogen and oxygen atoms in total. The number of imide groups is 1. The van der Waals surface area contributed by atoms with E-state index >= 15 is 0 Å². The molecule has 1 aliphatic heterocycles. The molecule has 5 atom stereocenters. The summed E-state index contributed by atoms with van der Waals surface area (Å²) in [6.07, 6.45) is 6.39. The van der Waals surface area contributed by atoms with Gasteiger partial charge in [-0.25, -0.2) is 0 Å². The van der Waals surface area contributed by atoms with Crippen LogP contribution in [-0.2, 0) is 14.4 Å². The normalized spacial score (nSPS) is 27.4. The van der Waals surface area contributed by atoms with Crippen molar-refractivity contribution in [2.75, 3.05) is 12.4 Å². The Balaban J connectivity index is 1.37. The number of carbonyl (C=O) groups excluding carboxylic acids is 3. The van der Waals surface area contributed by atoms with Crippen molar-refractivity contribution in [3.63, 3.8) is 0 Å². The Labute approximate surface area is 173 Å². The van der Waals surface area contributed by atoms with Gasteiger partial charge in [-0.1, -0.05) is 12.2 Å². The number of allylic oxidation sites excluding steroid dienone is 2. The number of fused-ring (bicyclic) bond motifs is 5. The van der Waals surface area contributed by atoms with E-state index in [1.165, 1.54) is 11.2 Å². The molecular weight excluding hydrogens is 384 g/mol. The summed E-state index contributed by atoms with van der Waals surface area (Å²) in [5.74, 6) is 0.0376. The van der Waals surface area contributed by atoms with Crippen LogP contribution in [0.15, 0.2) is 59.2 Å². The molecule has 2 heterocycles. The van der Waals surface area contributed by atoms with Crippen LogP contribution in [0.5, 0.6) is 5.75 Å². The zero-order valence-electron chi connectivity index (χ0n) is 16.5. The molecule has 1 aromatic carbocycles. The van der Waals surface area contributed by atoms with Crippen molar-refractivity contribution in [3.8, 4) is 5.75 Å². The number of hydrogen-bond acceptors (Lipinski definition) is 5. The van der Waals surface area contributed by atoms with Gasteiger partial charge in [0.2, 0.25) is 17.7 Å². The molecule has 1 N–H and O–H groups in total. The molecule has 2 aliphatic carbocycles. The minimum atomic E-state index is -0.761. The molecule has 5 rings (SSSR count). The van der Waals surface area contributed by atoms with Crippen molar-refractivity contribution in [2.45, 2.75) is 18.9 Å². The number of hydrogen-bond donors (Lipinski definition) is 1. The van der Waals surface area contributed by atoms with Crippen LogP contribution in [0, 0.1) is 23.7 Å². The van der Waals surface area contributed by atoms with Crippen LogP contribution in [0.1, 0.15) is 24.6 Å². The lowest BCUT2D eigenvalue weighted by atomic mass is 9.85. The van der Waals surface area contributed by atoms with Crippen molar-refractivity contribution in [1.29, 1.82) is 0 Å². The monoisotopic (exact) mass is 406 g/mol. The number of anilines is 1. The van der Waals surface area contributed by atoms with E-state index in [0.29, 0.717) is 17.2 Å². The Morgan fingerprint density at radius 2 is 1.80 bits per heavy atom. The zero-order valence-corrected chi connectivity index (χ0v) is 16.5. The number of furan rings is 1. The van der Waals surface area contributed by atoms with E-state index in [2.05, 4.69) is 17.5 Å². The Hall–Kier alpha value is -3.35. The Morgan fingerprint density at radius 3 is 2.37 bits per heavy atom. The first-order chi connectivity index (χ1) is 14.6. The number of methoxy groups -OCH3 is 1. The van der Waals surface area contributed by atoms with Gasteiger partial charge < -0.3 is 14.5 Å². The van der Waals surface area contributed by atoms with Crippen LogP contribution in [0.25, 0.3) is 0 Å². The summed E-state index contributed by atoms with van der Waals surface area (Å²) in [7, 11) is 1.57. The second kappa shape index (κ2) is 7.16. The van der Waals surface area contributed by atoms with Crippen LogP contribution in [0.3, 0.4) is 0 Å². The molecule has 30 heavy (non-hydrogen) atoms. The lowest BCUT2D eigenvalue weighted by Gasteiger charge is -2.26. The van der Waals surface area contributed by atoms with Gasteiger partial charge in [0.1, 0.15) is 17.6 Å². The number of likely N-dealkylation sites (tertiary alicyclic amines) is 1. The summed E-state index contributed by atoms with van der Waals surface area (Å²) in [5, 5.41) is 2.82. The number of carbonyl (C=O) groups is 3. The molecule has 3 aliphatic rings. The predicted molar refractivity (Wildman–Crippen MR) is 107 cm³/mol. The smallest absolute Gasteiger partial charge is 0.234 e.